The fourth-order valence-electron chi connectivity index (χ4n) is 3.39. The Morgan fingerprint density at radius 1 is 1.38 bits per heavy atom. The standard InChI is InChI=1S/C19H24FNO2S/c1-2-18-16-8-10-24-19(16)7-9-21(18)11-15(22)13-23-12-14-5-3-4-6-17(14)20/h3-6,8,10,15,18,22H,2,7,9,11-13H2,1H3. The summed E-state index contributed by atoms with van der Waals surface area (Å²) in [4.78, 5) is 3.81. The van der Waals surface area contributed by atoms with Gasteiger partial charge in [0, 0.05) is 29.6 Å². The molecule has 1 N–H and O–H groups in total. The van der Waals surface area contributed by atoms with E-state index in [1.54, 1.807) is 18.2 Å². The molecule has 3 nitrogen and oxygen atoms in total. The molecule has 2 unspecified atom stereocenters. The van der Waals surface area contributed by atoms with E-state index in [2.05, 4.69) is 23.3 Å². The van der Waals surface area contributed by atoms with Gasteiger partial charge in [-0.1, -0.05) is 25.1 Å². The van der Waals surface area contributed by atoms with Gasteiger partial charge in [-0.2, -0.15) is 0 Å². The Bertz CT molecular complexity index is 660. The molecule has 0 amide bonds. The van der Waals surface area contributed by atoms with E-state index in [9.17, 15) is 9.50 Å². The van der Waals surface area contributed by atoms with E-state index in [4.69, 9.17) is 4.74 Å². The first-order valence-corrected chi connectivity index (χ1v) is 9.36. The van der Waals surface area contributed by atoms with Crippen LogP contribution in [0.2, 0.25) is 0 Å². The molecule has 0 saturated heterocycles. The summed E-state index contributed by atoms with van der Waals surface area (Å²) >= 11 is 1.83. The summed E-state index contributed by atoms with van der Waals surface area (Å²) in [6.07, 6.45) is 1.52. The van der Waals surface area contributed by atoms with Gasteiger partial charge in [0.15, 0.2) is 0 Å². The third-order valence-corrected chi connectivity index (χ3v) is 5.56. The Hall–Kier alpha value is -1.27. The molecule has 0 spiro atoms. The lowest BCUT2D eigenvalue weighted by molar-refractivity contribution is -0.000352. The number of ether oxygens (including phenoxy) is 1. The molecule has 2 heterocycles. The van der Waals surface area contributed by atoms with Gasteiger partial charge in [-0.15, -0.1) is 11.3 Å². The van der Waals surface area contributed by atoms with Crippen LogP contribution < -0.4 is 0 Å². The molecule has 24 heavy (non-hydrogen) atoms. The van der Waals surface area contributed by atoms with Crippen LogP contribution in [0, 0.1) is 5.82 Å². The average Bonchev–Trinajstić information content (AvgIpc) is 3.05. The summed E-state index contributed by atoms with van der Waals surface area (Å²) in [5.74, 6) is -0.265. The summed E-state index contributed by atoms with van der Waals surface area (Å²) in [6, 6.07) is 9.16. The minimum Gasteiger partial charge on any atom is -0.389 e. The Morgan fingerprint density at radius 3 is 3.00 bits per heavy atom. The normalized spacial score (nSPS) is 19.2. The summed E-state index contributed by atoms with van der Waals surface area (Å²) < 4.78 is 19.1. The van der Waals surface area contributed by atoms with Gasteiger partial charge in [0.05, 0.1) is 19.3 Å². The van der Waals surface area contributed by atoms with Gasteiger partial charge in [0.1, 0.15) is 5.82 Å². The van der Waals surface area contributed by atoms with Crippen molar-refractivity contribution in [2.75, 3.05) is 19.7 Å². The Balaban J connectivity index is 1.50. The van der Waals surface area contributed by atoms with E-state index in [0.29, 0.717) is 18.2 Å². The van der Waals surface area contributed by atoms with Crippen LogP contribution in [0.25, 0.3) is 0 Å². The maximum atomic E-state index is 13.5. The number of aliphatic hydroxyl groups excluding tert-OH is 1. The van der Waals surface area contributed by atoms with Crippen molar-refractivity contribution in [1.29, 1.82) is 0 Å². The zero-order valence-corrected chi connectivity index (χ0v) is 14.8. The Kier molecular flexibility index (Phi) is 6.00. The number of hydrogen-bond donors (Lipinski definition) is 1. The van der Waals surface area contributed by atoms with E-state index in [1.165, 1.54) is 16.5 Å². The molecule has 2 atom stereocenters. The summed E-state index contributed by atoms with van der Waals surface area (Å²) in [5, 5.41) is 12.5. The van der Waals surface area contributed by atoms with Crippen LogP contribution in [-0.4, -0.2) is 35.8 Å². The highest BCUT2D eigenvalue weighted by Gasteiger charge is 2.28. The van der Waals surface area contributed by atoms with E-state index >= 15 is 0 Å². The fraction of sp³-hybridized carbons (Fsp3) is 0.474. The average molecular weight is 349 g/mol. The fourth-order valence-corrected chi connectivity index (χ4v) is 4.32. The lowest BCUT2D eigenvalue weighted by Gasteiger charge is -2.36. The van der Waals surface area contributed by atoms with Crippen molar-refractivity contribution in [2.24, 2.45) is 0 Å². The number of fused-ring (bicyclic) bond motifs is 1. The predicted octanol–water partition coefficient (Wildman–Crippen LogP) is 3.77. The summed E-state index contributed by atoms with van der Waals surface area (Å²) in [7, 11) is 0. The van der Waals surface area contributed by atoms with Gasteiger partial charge >= 0.3 is 0 Å². The first-order valence-electron chi connectivity index (χ1n) is 8.48. The second kappa shape index (κ2) is 8.21. The number of nitrogens with zero attached hydrogens (tertiary/aromatic N) is 1. The van der Waals surface area contributed by atoms with E-state index in [-0.39, 0.29) is 19.0 Å². The molecule has 0 fully saturated rings. The van der Waals surface area contributed by atoms with Gasteiger partial charge in [0.2, 0.25) is 0 Å². The molecule has 1 aliphatic heterocycles. The third-order valence-electron chi connectivity index (χ3n) is 4.56. The van der Waals surface area contributed by atoms with Gasteiger partial charge in [-0.25, -0.2) is 4.39 Å². The molecule has 0 saturated carbocycles. The lowest BCUT2D eigenvalue weighted by atomic mass is 9.97. The molecule has 0 radical (unpaired) electrons. The van der Waals surface area contributed by atoms with Gasteiger partial charge in [-0.05, 0) is 35.9 Å². The molecule has 1 aromatic heterocycles. The first kappa shape index (κ1) is 17.5. The van der Waals surface area contributed by atoms with Gasteiger partial charge < -0.3 is 9.84 Å². The molecule has 1 aliphatic rings. The van der Waals surface area contributed by atoms with Crippen molar-refractivity contribution < 1.29 is 14.2 Å². The second-order valence-electron chi connectivity index (χ2n) is 6.23. The van der Waals surface area contributed by atoms with Crippen LogP contribution in [-0.2, 0) is 17.8 Å². The molecule has 130 valence electrons. The molecule has 5 heteroatoms. The van der Waals surface area contributed by atoms with Crippen LogP contribution in [0.3, 0.4) is 0 Å². The quantitative estimate of drug-likeness (QED) is 0.826. The predicted molar refractivity (Wildman–Crippen MR) is 94.7 cm³/mol. The van der Waals surface area contributed by atoms with Crippen LogP contribution in [0.15, 0.2) is 35.7 Å². The Labute approximate surface area is 146 Å². The second-order valence-corrected chi connectivity index (χ2v) is 7.23. The number of hydrogen-bond acceptors (Lipinski definition) is 4. The topological polar surface area (TPSA) is 32.7 Å². The summed E-state index contributed by atoms with van der Waals surface area (Å²) in [5.41, 5.74) is 1.94. The largest absolute Gasteiger partial charge is 0.389 e. The number of halogens is 1. The van der Waals surface area contributed by atoms with Crippen molar-refractivity contribution in [3.8, 4) is 0 Å². The highest BCUT2D eigenvalue weighted by atomic mass is 32.1. The van der Waals surface area contributed by atoms with Gasteiger partial charge in [0.25, 0.3) is 0 Å². The molecular weight excluding hydrogens is 325 g/mol. The van der Waals surface area contributed by atoms with Crippen LogP contribution in [0.4, 0.5) is 4.39 Å². The monoisotopic (exact) mass is 349 g/mol. The molecule has 1 aromatic carbocycles. The highest BCUT2D eigenvalue weighted by Crippen LogP contribution is 2.35. The summed E-state index contributed by atoms with van der Waals surface area (Å²) in [6.45, 7) is 4.15. The molecule has 0 aliphatic carbocycles. The minimum absolute atomic E-state index is 0.190. The highest BCUT2D eigenvalue weighted by molar-refractivity contribution is 7.10. The first-order chi connectivity index (χ1) is 11.7. The maximum absolute atomic E-state index is 13.5. The minimum atomic E-state index is -0.564. The lowest BCUT2D eigenvalue weighted by Crippen LogP contribution is -2.41. The van der Waals surface area contributed by atoms with E-state index < -0.39 is 6.10 Å². The zero-order valence-electron chi connectivity index (χ0n) is 14.0. The Morgan fingerprint density at radius 2 is 2.21 bits per heavy atom. The maximum Gasteiger partial charge on any atom is 0.128 e. The number of rotatable bonds is 7. The molecule has 0 bridgehead atoms. The number of aliphatic hydroxyl groups is 1. The third kappa shape index (κ3) is 4.03. The molecule has 2 aromatic rings. The van der Waals surface area contributed by atoms with Crippen molar-refractivity contribution in [3.63, 3.8) is 0 Å². The van der Waals surface area contributed by atoms with Crippen LogP contribution in [0.1, 0.15) is 35.4 Å². The number of thiophene rings is 1. The van der Waals surface area contributed by atoms with Crippen molar-refractivity contribution >= 4 is 11.3 Å². The van der Waals surface area contributed by atoms with Crippen molar-refractivity contribution in [2.45, 2.75) is 38.5 Å². The van der Waals surface area contributed by atoms with E-state index in [1.807, 2.05) is 11.3 Å². The van der Waals surface area contributed by atoms with Crippen LogP contribution >= 0.6 is 11.3 Å². The SMILES string of the molecule is CCC1c2ccsc2CCN1CC(O)COCc1ccccc1F. The molecular formula is C19H24FNO2S. The van der Waals surface area contributed by atoms with Crippen LogP contribution in [0.5, 0.6) is 0 Å². The zero-order chi connectivity index (χ0) is 16.9. The van der Waals surface area contributed by atoms with E-state index in [0.717, 1.165) is 19.4 Å². The molecule has 3 rings (SSSR count). The van der Waals surface area contributed by atoms with Crippen molar-refractivity contribution in [3.05, 3.63) is 57.5 Å². The van der Waals surface area contributed by atoms with Gasteiger partial charge in [-0.3, -0.25) is 4.90 Å². The van der Waals surface area contributed by atoms with Crippen molar-refractivity contribution in [1.82, 2.24) is 4.90 Å². The number of β-amino-alcohol motifs (C(OH)–C–C–N with tert-alkyl or cyclic N) is 1. The number of benzene rings is 1. The smallest absolute Gasteiger partial charge is 0.128 e.